The number of hydrogen-bond acceptors (Lipinski definition) is 3. The Bertz CT molecular complexity index is 217. The molecule has 0 heterocycles. The van der Waals surface area contributed by atoms with E-state index in [1.807, 2.05) is 6.92 Å². The number of hydrogen-bond donors (Lipinski definition) is 1. The van der Waals surface area contributed by atoms with Crippen LogP contribution in [0.4, 0.5) is 0 Å². The number of carbonyl (C=O) groups is 2. The highest BCUT2D eigenvalue weighted by atomic mass is 16.5. The van der Waals surface area contributed by atoms with E-state index < -0.39 is 5.97 Å². The summed E-state index contributed by atoms with van der Waals surface area (Å²) in [7, 11) is 3.28. The monoisotopic (exact) mass is 217 g/mol. The van der Waals surface area contributed by atoms with E-state index in [0.717, 1.165) is 0 Å². The molecule has 0 aliphatic rings. The van der Waals surface area contributed by atoms with Crippen molar-refractivity contribution < 1.29 is 19.4 Å². The lowest BCUT2D eigenvalue weighted by Crippen LogP contribution is -2.37. The van der Waals surface area contributed by atoms with Gasteiger partial charge in [0.05, 0.1) is 12.6 Å². The second-order valence-corrected chi connectivity index (χ2v) is 3.56. The molecule has 0 spiro atoms. The van der Waals surface area contributed by atoms with E-state index in [2.05, 4.69) is 0 Å². The molecular formula is C10H19NO4. The minimum Gasteiger partial charge on any atom is -0.481 e. The van der Waals surface area contributed by atoms with Crippen molar-refractivity contribution in [3.8, 4) is 0 Å². The Hall–Kier alpha value is -1.10. The fourth-order valence-corrected chi connectivity index (χ4v) is 1.17. The van der Waals surface area contributed by atoms with Gasteiger partial charge in [-0.2, -0.15) is 0 Å². The van der Waals surface area contributed by atoms with Crippen molar-refractivity contribution in [3.05, 3.63) is 0 Å². The Balaban J connectivity index is 3.83. The SMILES string of the molecule is COCC(C)N(C)C(=O)CCCC(=O)O. The van der Waals surface area contributed by atoms with Gasteiger partial charge < -0.3 is 14.7 Å². The lowest BCUT2D eigenvalue weighted by atomic mass is 10.2. The molecule has 5 nitrogen and oxygen atoms in total. The van der Waals surface area contributed by atoms with Crippen molar-refractivity contribution in [2.24, 2.45) is 0 Å². The Morgan fingerprint density at radius 1 is 1.40 bits per heavy atom. The highest BCUT2D eigenvalue weighted by Crippen LogP contribution is 2.03. The average Bonchev–Trinajstić information content (AvgIpc) is 2.16. The van der Waals surface area contributed by atoms with Crippen molar-refractivity contribution in [1.82, 2.24) is 4.90 Å². The van der Waals surface area contributed by atoms with Gasteiger partial charge in [0, 0.05) is 27.0 Å². The molecular weight excluding hydrogens is 198 g/mol. The number of ether oxygens (including phenoxy) is 1. The number of aliphatic carboxylic acids is 1. The van der Waals surface area contributed by atoms with Crippen LogP contribution in [-0.2, 0) is 14.3 Å². The number of likely N-dealkylation sites (N-methyl/N-ethyl adjacent to an activating group) is 1. The van der Waals surface area contributed by atoms with Gasteiger partial charge in [-0.3, -0.25) is 9.59 Å². The maximum Gasteiger partial charge on any atom is 0.303 e. The molecule has 0 aromatic carbocycles. The summed E-state index contributed by atoms with van der Waals surface area (Å²) in [6.45, 7) is 2.37. The third-order valence-electron chi connectivity index (χ3n) is 2.24. The number of carboxylic acids is 1. The van der Waals surface area contributed by atoms with Crippen LogP contribution in [-0.4, -0.2) is 48.7 Å². The quantitative estimate of drug-likeness (QED) is 0.682. The van der Waals surface area contributed by atoms with Crippen LogP contribution in [0.5, 0.6) is 0 Å². The Labute approximate surface area is 90.0 Å². The van der Waals surface area contributed by atoms with E-state index in [-0.39, 0.29) is 24.8 Å². The van der Waals surface area contributed by atoms with Crippen molar-refractivity contribution in [2.45, 2.75) is 32.2 Å². The van der Waals surface area contributed by atoms with Gasteiger partial charge >= 0.3 is 5.97 Å². The minimum absolute atomic E-state index is 0.0207. The van der Waals surface area contributed by atoms with E-state index in [1.165, 1.54) is 0 Å². The van der Waals surface area contributed by atoms with Crippen LogP contribution in [0.1, 0.15) is 26.2 Å². The number of nitrogens with zero attached hydrogens (tertiary/aromatic N) is 1. The van der Waals surface area contributed by atoms with Crippen molar-refractivity contribution in [3.63, 3.8) is 0 Å². The molecule has 0 aliphatic carbocycles. The predicted molar refractivity (Wildman–Crippen MR) is 55.6 cm³/mol. The molecule has 1 unspecified atom stereocenters. The molecule has 0 saturated carbocycles. The third-order valence-corrected chi connectivity index (χ3v) is 2.24. The van der Waals surface area contributed by atoms with Gasteiger partial charge in [-0.1, -0.05) is 0 Å². The summed E-state index contributed by atoms with van der Waals surface area (Å²) >= 11 is 0. The second kappa shape index (κ2) is 7.23. The standard InChI is InChI=1S/C10H19NO4/c1-8(7-15-3)11(2)9(12)5-4-6-10(13)14/h8H,4-7H2,1-3H3,(H,13,14). The van der Waals surface area contributed by atoms with Gasteiger partial charge in [0.2, 0.25) is 5.91 Å². The molecule has 1 atom stereocenters. The fourth-order valence-electron chi connectivity index (χ4n) is 1.17. The van der Waals surface area contributed by atoms with Gasteiger partial charge in [0.15, 0.2) is 0 Å². The normalized spacial score (nSPS) is 12.2. The van der Waals surface area contributed by atoms with Gasteiger partial charge in [0.1, 0.15) is 0 Å². The second-order valence-electron chi connectivity index (χ2n) is 3.56. The summed E-state index contributed by atoms with van der Waals surface area (Å²) in [5.74, 6) is -0.906. The minimum atomic E-state index is -0.865. The molecule has 0 radical (unpaired) electrons. The molecule has 1 amide bonds. The van der Waals surface area contributed by atoms with Crippen LogP contribution in [0.3, 0.4) is 0 Å². The Morgan fingerprint density at radius 3 is 2.47 bits per heavy atom. The summed E-state index contributed by atoms with van der Waals surface area (Å²) in [5.41, 5.74) is 0. The van der Waals surface area contributed by atoms with Crippen LogP contribution in [0.25, 0.3) is 0 Å². The summed E-state index contributed by atoms with van der Waals surface area (Å²) < 4.78 is 4.93. The molecule has 0 bridgehead atoms. The van der Waals surface area contributed by atoms with E-state index >= 15 is 0 Å². The largest absolute Gasteiger partial charge is 0.481 e. The third kappa shape index (κ3) is 6.06. The zero-order valence-corrected chi connectivity index (χ0v) is 9.52. The molecule has 0 fully saturated rings. The van der Waals surface area contributed by atoms with Crippen LogP contribution < -0.4 is 0 Å². The smallest absolute Gasteiger partial charge is 0.303 e. The molecule has 5 heteroatoms. The first kappa shape index (κ1) is 13.9. The first-order valence-electron chi connectivity index (χ1n) is 4.95. The molecule has 0 aliphatic heterocycles. The van der Waals surface area contributed by atoms with E-state index in [0.29, 0.717) is 13.0 Å². The Kier molecular flexibility index (Phi) is 6.70. The highest BCUT2D eigenvalue weighted by molar-refractivity contribution is 5.77. The summed E-state index contributed by atoms with van der Waals surface area (Å²) in [4.78, 5) is 23.3. The topological polar surface area (TPSA) is 66.8 Å². The number of methoxy groups -OCH3 is 1. The molecule has 0 saturated heterocycles. The maximum atomic E-state index is 11.5. The first-order chi connectivity index (χ1) is 6.99. The number of amides is 1. The molecule has 88 valence electrons. The van der Waals surface area contributed by atoms with Gasteiger partial charge in [-0.25, -0.2) is 0 Å². The molecule has 0 rings (SSSR count). The Morgan fingerprint density at radius 2 is 2.00 bits per heavy atom. The first-order valence-corrected chi connectivity index (χ1v) is 4.95. The molecule has 0 aromatic heterocycles. The summed E-state index contributed by atoms with van der Waals surface area (Å²) in [6.07, 6.45) is 0.702. The van der Waals surface area contributed by atoms with E-state index in [4.69, 9.17) is 9.84 Å². The number of carbonyl (C=O) groups excluding carboxylic acids is 1. The van der Waals surface area contributed by atoms with Gasteiger partial charge in [-0.05, 0) is 13.3 Å². The summed E-state index contributed by atoms with van der Waals surface area (Å²) in [5, 5.41) is 8.41. The predicted octanol–water partition coefficient (Wildman–Crippen LogP) is 0.735. The van der Waals surface area contributed by atoms with Crippen LogP contribution in [0, 0.1) is 0 Å². The molecule has 0 aromatic rings. The number of rotatable bonds is 7. The zero-order valence-electron chi connectivity index (χ0n) is 9.52. The highest BCUT2D eigenvalue weighted by Gasteiger charge is 2.15. The van der Waals surface area contributed by atoms with Crippen LogP contribution >= 0.6 is 0 Å². The van der Waals surface area contributed by atoms with Gasteiger partial charge in [0.25, 0.3) is 0 Å². The average molecular weight is 217 g/mol. The van der Waals surface area contributed by atoms with E-state index in [9.17, 15) is 9.59 Å². The molecule has 1 N–H and O–H groups in total. The van der Waals surface area contributed by atoms with Crippen molar-refractivity contribution >= 4 is 11.9 Å². The summed E-state index contributed by atoms with van der Waals surface area (Å²) in [6, 6.07) is 0.0207. The zero-order chi connectivity index (χ0) is 11.8. The van der Waals surface area contributed by atoms with Crippen LogP contribution in [0.15, 0.2) is 0 Å². The maximum absolute atomic E-state index is 11.5. The molecule has 15 heavy (non-hydrogen) atoms. The number of carboxylic acid groups (broad SMARTS) is 1. The lowest BCUT2D eigenvalue weighted by Gasteiger charge is -2.24. The van der Waals surface area contributed by atoms with E-state index in [1.54, 1.807) is 19.1 Å². The van der Waals surface area contributed by atoms with Gasteiger partial charge in [-0.15, -0.1) is 0 Å². The van der Waals surface area contributed by atoms with Crippen molar-refractivity contribution in [2.75, 3.05) is 20.8 Å². The lowest BCUT2D eigenvalue weighted by molar-refractivity contribution is -0.137. The van der Waals surface area contributed by atoms with Crippen LogP contribution in [0.2, 0.25) is 0 Å². The fraction of sp³-hybridized carbons (Fsp3) is 0.800. The van der Waals surface area contributed by atoms with Crippen molar-refractivity contribution in [1.29, 1.82) is 0 Å².